The Morgan fingerprint density at radius 3 is 2.96 bits per heavy atom. The third-order valence-electron chi connectivity index (χ3n) is 4.59. The lowest BCUT2D eigenvalue weighted by Gasteiger charge is -2.39. The lowest BCUT2D eigenvalue weighted by atomic mass is 10.1. The minimum Gasteiger partial charge on any atom is -0.497 e. The number of anilines is 1. The van der Waals surface area contributed by atoms with Crippen LogP contribution in [-0.4, -0.2) is 64.6 Å². The summed E-state index contributed by atoms with van der Waals surface area (Å²) in [6.07, 6.45) is 4.13. The third-order valence-corrected chi connectivity index (χ3v) is 4.59. The van der Waals surface area contributed by atoms with Gasteiger partial charge in [-0.05, 0) is 25.5 Å². The summed E-state index contributed by atoms with van der Waals surface area (Å²) in [6, 6.07) is 6.62. The quantitative estimate of drug-likeness (QED) is 0.767. The number of rotatable bonds is 6. The van der Waals surface area contributed by atoms with E-state index in [2.05, 4.69) is 15.6 Å². The molecule has 1 aliphatic heterocycles. The number of piperazine rings is 1. The summed E-state index contributed by atoms with van der Waals surface area (Å²) in [6.45, 7) is 3.86. The van der Waals surface area contributed by atoms with Gasteiger partial charge in [-0.1, -0.05) is 11.3 Å². The van der Waals surface area contributed by atoms with Gasteiger partial charge < -0.3 is 19.9 Å². The zero-order chi connectivity index (χ0) is 19.2. The number of hydrogen-bond acceptors (Lipinski definition) is 5. The van der Waals surface area contributed by atoms with Crippen molar-refractivity contribution in [2.24, 2.45) is 0 Å². The Bertz CT molecular complexity index is 779. The average Bonchev–Trinajstić information content (AvgIpc) is 3.20. The minimum atomic E-state index is -0.528. The molecule has 1 N–H and O–H groups in total. The second-order valence-electron chi connectivity index (χ2n) is 6.31. The van der Waals surface area contributed by atoms with Crippen molar-refractivity contribution in [1.82, 2.24) is 25.2 Å². The number of amides is 3. The van der Waals surface area contributed by atoms with Gasteiger partial charge in [0.15, 0.2) is 0 Å². The summed E-state index contributed by atoms with van der Waals surface area (Å²) in [5.74, 6) is 0.591. The zero-order valence-corrected chi connectivity index (χ0v) is 15.5. The van der Waals surface area contributed by atoms with Gasteiger partial charge in [0.05, 0.1) is 13.3 Å². The molecule has 9 heteroatoms. The highest BCUT2D eigenvalue weighted by Gasteiger charge is 2.34. The number of aromatic nitrogens is 3. The molecule has 1 aromatic heterocycles. The first-order valence-corrected chi connectivity index (χ1v) is 8.94. The summed E-state index contributed by atoms with van der Waals surface area (Å²) < 4.78 is 6.94. The fraction of sp³-hybridized carbons (Fsp3) is 0.444. The molecule has 0 radical (unpaired) electrons. The summed E-state index contributed by atoms with van der Waals surface area (Å²) in [5.41, 5.74) is 0.777. The Balaban J connectivity index is 1.53. The number of nitrogens with one attached hydrogen (secondary N) is 1. The van der Waals surface area contributed by atoms with Crippen LogP contribution in [0.5, 0.6) is 5.75 Å². The van der Waals surface area contributed by atoms with Crippen LogP contribution in [0.4, 0.5) is 10.5 Å². The molecule has 1 atom stereocenters. The fourth-order valence-electron chi connectivity index (χ4n) is 3.07. The molecule has 1 fully saturated rings. The topological polar surface area (TPSA) is 92.6 Å². The minimum absolute atomic E-state index is 0.104. The van der Waals surface area contributed by atoms with Crippen molar-refractivity contribution in [2.75, 3.05) is 31.6 Å². The molecule has 0 spiro atoms. The van der Waals surface area contributed by atoms with Crippen molar-refractivity contribution < 1.29 is 14.3 Å². The monoisotopic (exact) mass is 372 g/mol. The Hall–Kier alpha value is -3.10. The number of hydrogen-bond donors (Lipinski definition) is 1. The second-order valence-corrected chi connectivity index (χ2v) is 6.31. The van der Waals surface area contributed by atoms with Crippen LogP contribution in [0.2, 0.25) is 0 Å². The highest BCUT2D eigenvalue weighted by Crippen LogP contribution is 2.24. The Morgan fingerprint density at radius 2 is 2.22 bits per heavy atom. The van der Waals surface area contributed by atoms with Crippen LogP contribution in [0.1, 0.15) is 13.3 Å². The van der Waals surface area contributed by atoms with Crippen LogP contribution in [-0.2, 0) is 11.3 Å². The van der Waals surface area contributed by atoms with Crippen molar-refractivity contribution in [3.8, 4) is 5.75 Å². The Labute approximate surface area is 157 Å². The molecule has 2 aromatic rings. The zero-order valence-electron chi connectivity index (χ0n) is 15.5. The Morgan fingerprint density at radius 1 is 1.37 bits per heavy atom. The molecule has 1 saturated heterocycles. The Kier molecular flexibility index (Phi) is 5.90. The highest BCUT2D eigenvalue weighted by molar-refractivity contribution is 6.00. The molecule has 1 aromatic carbocycles. The van der Waals surface area contributed by atoms with Gasteiger partial charge in [-0.15, -0.1) is 5.10 Å². The highest BCUT2D eigenvalue weighted by atomic mass is 16.5. The van der Waals surface area contributed by atoms with E-state index in [-0.39, 0.29) is 11.9 Å². The molecule has 3 amide bonds. The maximum atomic E-state index is 12.8. The van der Waals surface area contributed by atoms with E-state index in [9.17, 15) is 9.59 Å². The van der Waals surface area contributed by atoms with Crippen molar-refractivity contribution >= 4 is 17.6 Å². The fourth-order valence-corrected chi connectivity index (χ4v) is 3.07. The van der Waals surface area contributed by atoms with Crippen molar-refractivity contribution in [1.29, 1.82) is 0 Å². The van der Waals surface area contributed by atoms with Gasteiger partial charge in [0.1, 0.15) is 11.8 Å². The molecule has 0 aliphatic carbocycles. The number of carbonyl (C=O) groups is 2. The average molecular weight is 372 g/mol. The van der Waals surface area contributed by atoms with Crippen LogP contribution < -0.4 is 15.0 Å². The van der Waals surface area contributed by atoms with Crippen molar-refractivity contribution in [3.05, 3.63) is 36.7 Å². The number of methoxy groups -OCH3 is 1. The maximum Gasteiger partial charge on any atom is 0.318 e. The van der Waals surface area contributed by atoms with Gasteiger partial charge in [-0.25, -0.2) is 4.79 Å². The van der Waals surface area contributed by atoms with Crippen molar-refractivity contribution in [3.63, 3.8) is 0 Å². The number of benzene rings is 1. The molecule has 0 saturated carbocycles. The number of urea groups is 1. The van der Waals surface area contributed by atoms with Gasteiger partial charge >= 0.3 is 6.03 Å². The van der Waals surface area contributed by atoms with Gasteiger partial charge in [0.2, 0.25) is 5.91 Å². The SMILES string of the molecule is COc1cccc(N2CCN(C(=O)NCCCn3ccnn3)[C@H](C)C2=O)c1. The van der Waals surface area contributed by atoms with Crippen LogP contribution in [0.15, 0.2) is 36.7 Å². The molecule has 0 bridgehead atoms. The van der Waals surface area contributed by atoms with Gasteiger partial charge in [0.25, 0.3) is 0 Å². The van der Waals surface area contributed by atoms with Crippen LogP contribution in [0.3, 0.4) is 0 Å². The molecule has 27 heavy (non-hydrogen) atoms. The van der Waals surface area contributed by atoms with Crippen LogP contribution in [0, 0.1) is 0 Å². The molecule has 144 valence electrons. The van der Waals surface area contributed by atoms with E-state index in [1.54, 1.807) is 40.9 Å². The summed E-state index contributed by atoms with van der Waals surface area (Å²) >= 11 is 0. The summed E-state index contributed by atoms with van der Waals surface area (Å²) in [7, 11) is 1.59. The standard InChI is InChI=1S/C18H24N6O3/c1-14-17(25)24(15-5-3-6-16(13-15)27-2)12-11-23(14)18(26)19-7-4-9-22-10-8-20-21-22/h3,5-6,8,10,13-14H,4,7,9,11-12H2,1-2H3,(H,19,26)/t14-/m1/s1. The third kappa shape index (κ3) is 4.36. The van der Waals surface area contributed by atoms with Crippen LogP contribution in [0.25, 0.3) is 0 Å². The maximum absolute atomic E-state index is 12.8. The number of ether oxygens (including phenoxy) is 1. The molecule has 1 aliphatic rings. The lowest BCUT2D eigenvalue weighted by molar-refractivity contribution is -0.124. The van der Waals surface area contributed by atoms with Gasteiger partial charge in [-0.3, -0.25) is 9.48 Å². The normalized spacial score (nSPS) is 17.1. The van der Waals surface area contributed by atoms with Crippen molar-refractivity contribution in [2.45, 2.75) is 25.9 Å². The van der Waals surface area contributed by atoms with Gasteiger partial charge in [-0.2, -0.15) is 0 Å². The molecular weight excluding hydrogens is 348 g/mol. The van der Waals surface area contributed by atoms with Crippen LogP contribution >= 0.6 is 0 Å². The van der Waals surface area contributed by atoms with E-state index < -0.39 is 6.04 Å². The molecule has 0 unspecified atom stereocenters. The second kappa shape index (κ2) is 8.52. The molecule has 3 rings (SSSR count). The largest absolute Gasteiger partial charge is 0.497 e. The molecule has 9 nitrogen and oxygen atoms in total. The lowest BCUT2D eigenvalue weighted by Crippen LogP contribution is -2.59. The van der Waals surface area contributed by atoms with E-state index in [1.807, 2.05) is 24.3 Å². The molecule has 2 heterocycles. The van der Waals surface area contributed by atoms with E-state index in [0.717, 1.165) is 12.1 Å². The first kappa shape index (κ1) is 18.7. The van der Waals surface area contributed by atoms with E-state index in [0.29, 0.717) is 31.9 Å². The summed E-state index contributed by atoms with van der Waals surface area (Å²) in [5, 5.41) is 10.5. The van der Waals surface area contributed by atoms with Gasteiger partial charge in [0, 0.05) is 44.1 Å². The first-order chi connectivity index (χ1) is 13.1. The van der Waals surface area contributed by atoms with E-state index in [1.165, 1.54) is 0 Å². The predicted molar refractivity (Wildman–Crippen MR) is 99.6 cm³/mol. The number of nitrogens with zero attached hydrogens (tertiary/aromatic N) is 5. The number of aryl methyl sites for hydroxylation is 1. The summed E-state index contributed by atoms with van der Waals surface area (Å²) in [4.78, 5) is 28.5. The predicted octanol–water partition coefficient (Wildman–Crippen LogP) is 1.12. The number of carbonyl (C=O) groups excluding carboxylic acids is 2. The molecular formula is C18H24N6O3. The van der Waals surface area contributed by atoms with E-state index >= 15 is 0 Å². The van der Waals surface area contributed by atoms with E-state index in [4.69, 9.17) is 4.74 Å². The first-order valence-electron chi connectivity index (χ1n) is 8.94. The smallest absolute Gasteiger partial charge is 0.318 e.